The van der Waals surface area contributed by atoms with Crippen LogP contribution in [0, 0.1) is 5.92 Å². The van der Waals surface area contributed by atoms with Crippen molar-refractivity contribution in [1.82, 2.24) is 15.5 Å². The molecular weight excluding hydrogens is 272 g/mol. The van der Waals surface area contributed by atoms with Crippen LogP contribution in [0.5, 0.6) is 0 Å². The molecule has 1 unspecified atom stereocenters. The van der Waals surface area contributed by atoms with E-state index in [4.69, 9.17) is 0 Å². The van der Waals surface area contributed by atoms with Gasteiger partial charge in [0, 0.05) is 32.7 Å². The molecule has 2 N–H and O–H groups in total. The molecule has 4 heteroatoms. The van der Waals surface area contributed by atoms with Crippen LogP contribution in [0.1, 0.15) is 37.3 Å². The Morgan fingerprint density at radius 3 is 2.77 bits per heavy atom. The number of rotatable bonds is 4. The van der Waals surface area contributed by atoms with Gasteiger partial charge in [-0.25, -0.2) is 0 Å². The topological polar surface area (TPSA) is 39.7 Å². The van der Waals surface area contributed by atoms with Gasteiger partial charge in [0.2, 0.25) is 0 Å². The molecule has 0 aliphatic carbocycles. The Morgan fingerprint density at radius 1 is 1.23 bits per heavy atom. The molecule has 120 valence electrons. The molecule has 0 aromatic heterocycles. The van der Waals surface area contributed by atoms with Gasteiger partial charge in [0.15, 0.2) is 5.96 Å². The zero-order chi connectivity index (χ0) is 15.2. The molecule has 1 atom stereocenters. The standard InChI is InChI=1S/C18H28N4/c1-15-4-2-11-22(13-15)14-17-7-5-16(6-8-17)12-21-18-19-9-3-10-20-18/h5-8,15H,2-4,9-14H2,1H3,(H2,19,20,21). The van der Waals surface area contributed by atoms with Gasteiger partial charge in [-0.2, -0.15) is 0 Å². The van der Waals surface area contributed by atoms with Crippen molar-refractivity contribution in [2.75, 3.05) is 26.2 Å². The van der Waals surface area contributed by atoms with Gasteiger partial charge in [-0.05, 0) is 42.9 Å². The quantitative estimate of drug-likeness (QED) is 0.897. The number of guanidine groups is 1. The van der Waals surface area contributed by atoms with Gasteiger partial charge in [-0.15, -0.1) is 0 Å². The molecule has 0 amide bonds. The highest BCUT2D eigenvalue weighted by atomic mass is 15.2. The van der Waals surface area contributed by atoms with Crippen molar-refractivity contribution in [2.24, 2.45) is 10.9 Å². The fourth-order valence-corrected chi connectivity index (χ4v) is 3.29. The molecule has 0 radical (unpaired) electrons. The molecule has 2 aliphatic heterocycles. The molecule has 1 aromatic rings. The van der Waals surface area contributed by atoms with Crippen LogP contribution in [-0.2, 0) is 13.1 Å². The van der Waals surface area contributed by atoms with Crippen molar-refractivity contribution in [3.8, 4) is 0 Å². The summed E-state index contributed by atoms with van der Waals surface area (Å²) < 4.78 is 0. The van der Waals surface area contributed by atoms with E-state index < -0.39 is 0 Å². The lowest BCUT2D eigenvalue weighted by molar-refractivity contribution is 0.176. The second kappa shape index (κ2) is 7.63. The van der Waals surface area contributed by atoms with Crippen molar-refractivity contribution < 1.29 is 0 Å². The lowest BCUT2D eigenvalue weighted by Crippen LogP contribution is -2.40. The van der Waals surface area contributed by atoms with Gasteiger partial charge in [-0.3, -0.25) is 9.89 Å². The maximum atomic E-state index is 4.43. The third kappa shape index (κ3) is 4.47. The number of hydrogen-bond acceptors (Lipinski definition) is 4. The van der Waals surface area contributed by atoms with Gasteiger partial charge in [0.05, 0.1) is 0 Å². The van der Waals surface area contributed by atoms with E-state index in [0.717, 1.165) is 44.5 Å². The molecule has 22 heavy (non-hydrogen) atoms. The molecule has 4 nitrogen and oxygen atoms in total. The van der Waals surface area contributed by atoms with E-state index in [9.17, 15) is 0 Å². The van der Waals surface area contributed by atoms with Gasteiger partial charge < -0.3 is 10.6 Å². The Kier molecular flexibility index (Phi) is 5.33. The number of benzene rings is 1. The third-order valence-electron chi connectivity index (χ3n) is 4.53. The Labute approximate surface area is 134 Å². The van der Waals surface area contributed by atoms with Crippen LogP contribution in [0.4, 0.5) is 0 Å². The monoisotopic (exact) mass is 300 g/mol. The summed E-state index contributed by atoms with van der Waals surface area (Å²) in [6.45, 7) is 8.75. The molecular formula is C18H28N4. The maximum Gasteiger partial charge on any atom is 0.191 e. The average molecular weight is 300 g/mol. The highest BCUT2D eigenvalue weighted by Crippen LogP contribution is 2.18. The van der Waals surface area contributed by atoms with Crippen molar-refractivity contribution in [2.45, 2.75) is 39.3 Å². The first kappa shape index (κ1) is 15.3. The van der Waals surface area contributed by atoms with Crippen LogP contribution in [0.2, 0.25) is 0 Å². The number of nitrogens with one attached hydrogen (secondary N) is 2. The average Bonchev–Trinajstić information content (AvgIpc) is 2.55. The molecule has 3 rings (SSSR count). The Bertz CT molecular complexity index is 494. The minimum atomic E-state index is 0.840. The Morgan fingerprint density at radius 2 is 2.05 bits per heavy atom. The van der Waals surface area contributed by atoms with E-state index in [1.165, 1.54) is 37.1 Å². The zero-order valence-corrected chi connectivity index (χ0v) is 13.6. The summed E-state index contributed by atoms with van der Waals surface area (Å²) in [4.78, 5) is 7.02. The van der Waals surface area contributed by atoms with Gasteiger partial charge in [0.1, 0.15) is 0 Å². The maximum absolute atomic E-state index is 4.43. The van der Waals surface area contributed by atoms with E-state index in [1.54, 1.807) is 0 Å². The number of hydrogen-bond donors (Lipinski definition) is 2. The molecule has 2 heterocycles. The highest BCUT2D eigenvalue weighted by Gasteiger charge is 2.16. The van der Waals surface area contributed by atoms with Gasteiger partial charge in [-0.1, -0.05) is 31.2 Å². The van der Waals surface area contributed by atoms with Crippen LogP contribution < -0.4 is 10.6 Å². The smallest absolute Gasteiger partial charge is 0.191 e. The fourth-order valence-electron chi connectivity index (χ4n) is 3.29. The Hall–Kier alpha value is -1.55. The van der Waals surface area contributed by atoms with Crippen LogP contribution >= 0.6 is 0 Å². The van der Waals surface area contributed by atoms with Gasteiger partial charge >= 0.3 is 0 Å². The molecule has 1 saturated heterocycles. The molecule has 0 spiro atoms. The summed E-state index contributed by atoms with van der Waals surface area (Å²) in [5.74, 6) is 1.79. The molecule has 1 aromatic carbocycles. The summed E-state index contributed by atoms with van der Waals surface area (Å²) in [5.41, 5.74) is 2.73. The molecule has 0 saturated carbocycles. The summed E-state index contributed by atoms with van der Waals surface area (Å²) in [6, 6.07) is 9.01. The van der Waals surface area contributed by atoms with Crippen molar-refractivity contribution >= 4 is 5.96 Å². The number of aliphatic imine (C=N–C) groups is 1. The third-order valence-corrected chi connectivity index (χ3v) is 4.53. The second-order valence-corrected chi connectivity index (χ2v) is 6.66. The van der Waals surface area contributed by atoms with E-state index in [-0.39, 0.29) is 0 Å². The van der Waals surface area contributed by atoms with Crippen LogP contribution in [0.15, 0.2) is 29.3 Å². The zero-order valence-electron chi connectivity index (χ0n) is 13.6. The van der Waals surface area contributed by atoms with E-state index >= 15 is 0 Å². The summed E-state index contributed by atoms with van der Waals surface area (Å²) >= 11 is 0. The highest BCUT2D eigenvalue weighted by molar-refractivity contribution is 5.80. The lowest BCUT2D eigenvalue weighted by Gasteiger charge is -2.30. The number of likely N-dealkylation sites (tertiary alicyclic amines) is 1. The first-order valence-electron chi connectivity index (χ1n) is 8.62. The minimum absolute atomic E-state index is 0.840. The summed E-state index contributed by atoms with van der Waals surface area (Å²) in [6.07, 6.45) is 3.87. The SMILES string of the molecule is CC1CCCN(Cc2ccc(CNC3=NCCCN3)cc2)C1. The molecule has 0 bridgehead atoms. The largest absolute Gasteiger partial charge is 0.356 e. The summed E-state index contributed by atoms with van der Waals surface area (Å²) in [7, 11) is 0. The number of nitrogens with zero attached hydrogens (tertiary/aromatic N) is 2. The predicted molar refractivity (Wildman–Crippen MR) is 91.9 cm³/mol. The van der Waals surface area contributed by atoms with Crippen LogP contribution in [0.25, 0.3) is 0 Å². The van der Waals surface area contributed by atoms with Crippen molar-refractivity contribution in [3.63, 3.8) is 0 Å². The Balaban J connectivity index is 1.48. The second-order valence-electron chi connectivity index (χ2n) is 6.66. The summed E-state index contributed by atoms with van der Waals surface area (Å²) in [5, 5.41) is 6.66. The first-order chi connectivity index (χ1) is 10.8. The minimum Gasteiger partial charge on any atom is -0.356 e. The number of piperidine rings is 1. The van der Waals surface area contributed by atoms with E-state index in [1.807, 2.05) is 0 Å². The van der Waals surface area contributed by atoms with Gasteiger partial charge in [0.25, 0.3) is 0 Å². The normalized spacial score (nSPS) is 22.8. The van der Waals surface area contributed by atoms with Crippen molar-refractivity contribution in [1.29, 1.82) is 0 Å². The predicted octanol–water partition coefficient (Wildman–Crippen LogP) is 2.36. The van der Waals surface area contributed by atoms with E-state index in [0.29, 0.717) is 0 Å². The first-order valence-corrected chi connectivity index (χ1v) is 8.62. The molecule has 2 aliphatic rings. The van der Waals surface area contributed by atoms with E-state index in [2.05, 4.69) is 51.7 Å². The van der Waals surface area contributed by atoms with Crippen molar-refractivity contribution in [3.05, 3.63) is 35.4 Å². The van der Waals surface area contributed by atoms with Crippen LogP contribution in [-0.4, -0.2) is 37.0 Å². The van der Waals surface area contributed by atoms with Crippen LogP contribution in [0.3, 0.4) is 0 Å². The lowest BCUT2D eigenvalue weighted by atomic mass is 9.99. The molecule has 1 fully saturated rings. The fraction of sp³-hybridized carbons (Fsp3) is 0.611.